The molecule has 1 fully saturated rings. The zero-order chi connectivity index (χ0) is 12.4. The van der Waals surface area contributed by atoms with Crippen molar-refractivity contribution in [3.8, 4) is 0 Å². The summed E-state index contributed by atoms with van der Waals surface area (Å²) in [4.78, 5) is 13.4. The summed E-state index contributed by atoms with van der Waals surface area (Å²) in [5.74, 6) is -0.126. The highest BCUT2D eigenvalue weighted by Crippen LogP contribution is 2.15. The average Bonchev–Trinajstić information content (AvgIpc) is 2.63. The van der Waals surface area contributed by atoms with Crippen molar-refractivity contribution in [2.45, 2.75) is 18.6 Å². The van der Waals surface area contributed by atoms with Crippen LogP contribution in [0.15, 0.2) is 24.3 Å². The summed E-state index contributed by atoms with van der Waals surface area (Å²) >= 11 is 0. The minimum absolute atomic E-state index is 0.126. The molecule has 0 aliphatic carbocycles. The first-order valence-corrected chi connectivity index (χ1v) is 5.55. The number of hydrogen-bond donors (Lipinski definition) is 3. The molecule has 5 heteroatoms. The number of nitrogen functional groups attached to an aromatic ring is 1. The van der Waals surface area contributed by atoms with Crippen LogP contribution in [0.1, 0.15) is 5.56 Å². The number of hydrogen-bond acceptors (Lipinski definition) is 4. The average molecular weight is 236 g/mol. The molecule has 92 valence electrons. The van der Waals surface area contributed by atoms with E-state index in [0.717, 1.165) is 5.56 Å². The number of aliphatic hydroxyl groups excluding tert-OH is 2. The van der Waals surface area contributed by atoms with Crippen LogP contribution >= 0.6 is 0 Å². The van der Waals surface area contributed by atoms with Gasteiger partial charge in [-0.15, -0.1) is 0 Å². The van der Waals surface area contributed by atoms with Crippen molar-refractivity contribution >= 4 is 11.6 Å². The van der Waals surface area contributed by atoms with Crippen LogP contribution in [0.5, 0.6) is 0 Å². The number of carbonyl (C=O) groups is 1. The van der Waals surface area contributed by atoms with E-state index in [1.807, 2.05) is 12.1 Å². The number of amides is 1. The summed E-state index contributed by atoms with van der Waals surface area (Å²) in [7, 11) is 0. The summed E-state index contributed by atoms with van der Waals surface area (Å²) in [6, 6.07) is 7.19. The van der Waals surface area contributed by atoms with E-state index in [0.29, 0.717) is 5.69 Å². The summed E-state index contributed by atoms with van der Waals surface area (Å²) in [6.07, 6.45) is -1.48. The van der Waals surface area contributed by atoms with E-state index in [1.165, 1.54) is 4.90 Å². The molecule has 1 saturated heterocycles. The van der Waals surface area contributed by atoms with E-state index < -0.39 is 12.2 Å². The number of β-amino-alcohol motifs (C(OH)–C–C–N with tert-alkyl or cyclic N) is 2. The highest BCUT2D eigenvalue weighted by Gasteiger charge is 2.32. The first kappa shape index (κ1) is 11.9. The minimum atomic E-state index is -0.841. The van der Waals surface area contributed by atoms with E-state index >= 15 is 0 Å². The molecule has 2 rings (SSSR count). The van der Waals surface area contributed by atoms with Crippen LogP contribution in [0.3, 0.4) is 0 Å². The zero-order valence-electron chi connectivity index (χ0n) is 9.41. The number of likely N-dealkylation sites (tertiary alicyclic amines) is 1. The van der Waals surface area contributed by atoms with Crippen LogP contribution in [-0.4, -0.2) is 46.3 Å². The fourth-order valence-corrected chi connectivity index (χ4v) is 1.94. The van der Waals surface area contributed by atoms with Gasteiger partial charge in [0.1, 0.15) is 0 Å². The Labute approximate surface area is 99.5 Å². The smallest absolute Gasteiger partial charge is 0.227 e. The Balaban J connectivity index is 2.01. The molecule has 1 amide bonds. The molecule has 1 heterocycles. The molecular formula is C12H16N2O3. The maximum Gasteiger partial charge on any atom is 0.227 e. The minimum Gasteiger partial charge on any atom is -0.398 e. The summed E-state index contributed by atoms with van der Waals surface area (Å²) in [6.45, 7) is 0.374. The third kappa shape index (κ3) is 2.57. The number of nitrogens with two attached hydrogens (primary N) is 1. The number of aliphatic hydroxyl groups is 2. The van der Waals surface area contributed by atoms with E-state index in [1.54, 1.807) is 12.1 Å². The first-order valence-electron chi connectivity index (χ1n) is 5.55. The maximum atomic E-state index is 11.9. The number of para-hydroxylation sites is 1. The van der Waals surface area contributed by atoms with Crippen LogP contribution in [0.4, 0.5) is 5.69 Å². The monoisotopic (exact) mass is 236 g/mol. The molecule has 2 atom stereocenters. The molecule has 5 nitrogen and oxygen atoms in total. The second-order valence-corrected chi connectivity index (χ2v) is 4.31. The second-order valence-electron chi connectivity index (χ2n) is 4.31. The molecule has 0 spiro atoms. The van der Waals surface area contributed by atoms with Gasteiger partial charge >= 0.3 is 0 Å². The summed E-state index contributed by atoms with van der Waals surface area (Å²) < 4.78 is 0. The second kappa shape index (κ2) is 4.73. The predicted molar refractivity (Wildman–Crippen MR) is 63.2 cm³/mol. The van der Waals surface area contributed by atoms with Gasteiger partial charge in [-0.3, -0.25) is 4.79 Å². The fourth-order valence-electron chi connectivity index (χ4n) is 1.94. The third-order valence-electron chi connectivity index (χ3n) is 3.01. The van der Waals surface area contributed by atoms with E-state index in [4.69, 9.17) is 5.73 Å². The lowest BCUT2D eigenvalue weighted by atomic mass is 10.1. The van der Waals surface area contributed by atoms with Crippen LogP contribution in [0.2, 0.25) is 0 Å². The van der Waals surface area contributed by atoms with Crippen molar-refractivity contribution < 1.29 is 15.0 Å². The number of carbonyl (C=O) groups excluding carboxylic acids is 1. The molecule has 1 aliphatic heterocycles. The molecule has 4 N–H and O–H groups in total. The SMILES string of the molecule is Nc1ccccc1CC(=O)N1CC(O)C(O)C1. The Morgan fingerprint density at radius 1 is 1.29 bits per heavy atom. The Morgan fingerprint density at radius 3 is 2.47 bits per heavy atom. The van der Waals surface area contributed by atoms with Crippen molar-refractivity contribution in [1.82, 2.24) is 4.90 Å². The Kier molecular flexibility index (Phi) is 3.31. The molecule has 0 bridgehead atoms. The van der Waals surface area contributed by atoms with Crippen molar-refractivity contribution in [2.24, 2.45) is 0 Å². The molecule has 2 unspecified atom stereocenters. The number of rotatable bonds is 2. The molecular weight excluding hydrogens is 220 g/mol. The van der Waals surface area contributed by atoms with E-state index in [-0.39, 0.29) is 25.4 Å². The van der Waals surface area contributed by atoms with Gasteiger partial charge in [-0.2, -0.15) is 0 Å². The molecule has 1 aromatic rings. The van der Waals surface area contributed by atoms with Crippen molar-refractivity contribution in [2.75, 3.05) is 18.8 Å². The molecule has 1 aliphatic rings. The third-order valence-corrected chi connectivity index (χ3v) is 3.01. The molecule has 1 aromatic carbocycles. The van der Waals surface area contributed by atoms with Gasteiger partial charge in [0.05, 0.1) is 18.6 Å². The van der Waals surface area contributed by atoms with Gasteiger partial charge in [0, 0.05) is 18.8 Å². The largest absolute Gasteiger partial charge is 0.398 e. The number of anilines is 1. The molecule has 0 aromatic heterocycles. The van der Waals surface area contributed by atoms with Gasteiger partial charge in [-0.1, -0.05) is 18.2 Å². The van der Waals surface area contributed by atoms with Crippen molar-refractivity contribution in [1.29, 1.82) is 0 Å². The molecule has 0 saturated carbocycles. The van der Waals surface area contributed by atoms with Gasteiger partial charge in [-0.05, 0) is 11.6 Å². The summed E-state index contributed by atoms with van der Waals surface area (Å²) in [5.41, 5.74) is 7.11. The van der Waals surface area contributed by atoms with Crippen LogP contribution in [-0.2, 0) is 11.2 Å². The lowest BCUT2D eigenvalue weighted by Crippen LogP contribution is -2.31. The Morgan fingerprint density at radius 2 is 1.88 bits per heavy atom. The predicted octanol–water partition coefficient (Wildman–Crippen LogP) is -0.625. The van der Waals surface area contributed by atoms with Crippen LogP contribution < -0.4 is 5.73 Å². The van der Waals surface area contributed by atoms with Gasteiger partial charge in [-0.25, -0.2) is 0 Å². The summed E-state index contributed by atoms with van der Waals surface area (Å²) in [5, 5.41) is 18.7. The lowest BCUT2D eigenvalue weighted by molar-refractivity contribution is -0.129. The van der Waals surface area contributed by atoms with Crippen LogP contribution in [0, 0.1) is 0 Å². The van der Waals surface area contributed by atoms with Gasteiger partial charge in [0.15, 0.2) is 0 Å². The quantitative estimate of drug-likeness (QED) is 0.597. The topological polar surface area (TPSA) is 86.8 Å². The Hall–Kier alpha value is -1.59. The van der Waals surface area contributed by atoms with Crippen molar-refractivity contribution in [3.05, 3.63) is 29.8 Å². The van der Waals surface area contributed by atoms with Crippen LogP contribution in [0.25, 0.3) is 0 Å². The van der Waals surface area contributed by atoms with E-state index in [9.17, 15) is 15.0 Å². The first-order chi connectivity index (χ1) is 8.08. The fraction of sp³-hybridized carbons (Fsp3) is 0.417. The van der Waals surface area contributed by atoms with Gasteiger partial charge < -0.3 is 20.8 Å². The Bertz CT molecular complexity index is 412. The van der Waals surface area contributed by atoms with Gasteiger partial charge in [0.2, 0.25) is 5.91 Å². The molecule has 0 radical (unpaired) electrons. The normalized spacial score (nSPS) is 24.0. The van der Waals surface area contributed by atoms with Gasteiger partial charge in [0.25, 0.3) is 0 Å². The lowest BCUT2D eigenvalue weighted by Gasteiger charge is -2.15. The number of benzene rings is 1. The van der Waals surface area contributed by atoms with Crippen molar-refractivity contribution in [3.63, 3.8) is 0 Å². The maximum absolute atomic E-state index is 11.9. The molecule has 17 heavy (non-hydrogen) atoms. The van der Waals surface area contributed by atoms with E-state index in [2.05, 4.69) is 0 Å². The highest BCUT2D eigenvalue weighted by molar-refractivity contribution is 5.80. The number of nitrogens with zero attached hydrogens (tertiary/aromatic N) is 1. The standard InChI is InChI=1S/C12H16N2O3/c13-9-4-2-1-3-8(9)5-12(17)14-6-10(15)11(16)7-14/h1-4,10-11,15-16H,5-7,13H2. The highest BCUT2D eigenvalue weighted by atomic mass is 16.3. The zero-order valence-corrected chi connectivity index (χ0v) is 9.41.